The van der Waals surface area contributed by atoms with Crippen molar-refractivity contribution in [1.82, 2.24) is 10.2 Å². The van der Waals surface area contributed by atoms with E-state index in [9.17, 15) is 19.5 Å². The number of fused-ring (bicyclic) bond motifs is 3. The molecular weight excluding hydrogens is 432 g/mol. The van der Waals surface area contributed by atoms with Crippen LogP contribution in [0.4, 0.5) is 4.79 Å². The zero-order chi connectivity index (χ0) is 24.1. The Morgan fingerprint density at radius 3 is 2.35 bits per heavy atom. The van der Waals surface area contributed by atoms with Crippen molar-refractivity contribution >= 4 is 18.0 Å². The summed E-state index contributed by atoms with van der Waals surface area (Å²) in [6.07, 6.45) is 3.74. The molecule has 1 aliphatic carbocycles. The van der Waals surface area contributed by atoms with E-state index in [2.05, 4.69) is 24.0 Å². The molecule has 1 unspecified atom stereocenters. The lowest BCUT2D eigenvalue weighted by atomic mass is 9.98. The number of carboxylic acids is 1. The lowest BCUT2D eigenvalue weighted by Crippen LogP contribution is -2.55. The molecule has 0 saturated carbocycles. The molecule has 7 nitrogen and oxygen atoms in total. The molecule has 2 aromatic rings. The van der Waals surface area contributed by atoms with Crippen LogP contribution in [0.2, 0.25) is 0 Å². The molecule has 0 radical (unpaired) electrons. The van der Waals surface area contributed by atoms with E-state index in [0.717, 1.165) is 35.1 Å². The summed E-state index contributed by atoms with van der Waals surface area (Å²) in [6, 6.07) is 14.4. The van der Waals surface area contributed by atoms with E-state index < -0.39 is 24.1 Å². The van der Waals surface area contributed by atoms with Crippen LogP contribution in [0.25, 0.3) is 11.1 Å². The number of hydrogen-bond donors (Lipinski definition) is 2. The number of aliphatic carboxylic acids is 1. The van der Waals surface area contributed by atoms with Crippen LogP contribution < -0.4 is 5.32 Å². The fourth-order valence-corrected chi connectivity index (χ4v) is 4.98. The summed E-state index contributed by atoms with van der Waals surface area (Å²) in [7, 11) is 0. The van der Waals surface area contributed by atoms with Gasteiger partial charge in [0.2, 0.25) is 5.91 Å². The number of alkyl carbamates (subject to hydrolysis) is 1. The quantitative estimate of drug-likeness (QED) is 0.570. The smallest absolute Gasteiger partial charge is 0.407 e. The normalized spacial score (nSPS) is 17.9. The number of carbonyl (C=O) groups excluding carboxylic acids is 2. The van der Waals surface area contributed by atoms with Crippen LogP contribution in [0.3, 0.4) is 0 Å². The number of nitrogens with zero attached hydrogens (tertiary/aromatic N) is 1. The van der Waals surface area contributed by atoms with Crippen molar-refractivity contribution in [3.8, 4) is 11.1 Å². The number of hydrogen-bond acceptors (Lipinski definition) is 4. The molecule has 1 heterocycles. The minimum atomic E-state index is -1.02. The monoisotopic (exact) mass is 462 g/mol. The van der Waals surface area contributed by atoms with Crippen molar-refractivity contribution in [2.75, 3.05) is 13.2 Å². The van der Waals surface area contributed by atoms with Crippen molar-refractivity contribution < 1.29 is 24.2 Å². The van der Waals surface area contributed by atoms with Gasteiger partial charge in [0.25, 0.3) is 0 Å². The SMILES string of the molecule is C=CCCC(NC(=O)OCC1c2ccccc2-c2ccccc21)C(=O)N1CCCC[C@@H]1C(=O)O. The number of likely N-dealkylation sites (tertiary alicyclic amines) is 1. The second-order valence-electron chi connectivity index (χ2n) is 8.77. The second-order valence-corrected chi connectivity index (χ2v) is 8.77. The van der Waals surface area contributed by atoms with Gasteiger partial charge in [0.15, 0.2) is 0 Å². The lowest BCUT2D eigenvalue weighted by Gasteiger charge is -2.35. The van der Waals surface area contributed by atoms with Crippen LogP contribution >= 0.6 is 0 Å². The van der Waals surface area contributed by atoms with Crippen LogP contribution in [0.15, 0.2) is 61.2 Å². The first-order chi connectivity index (χ1) is 16.5. The number of ether oxygens (including phenoxy) is 1. The topological polar surface area (TPSA) is 95.9 Å². The van der Waals surface area contributed by atoms with Gasteiger partial charge in [0.1, 0.15) is 18.7 Å². The van der Waals surface area contributed by atoms with Crippen molar-refractivity contribution in [3.05, 3.63) is 72.3 Å². The van der Waals surface area contributed by atoms with Gasteiger partial charge in [-0.2, -0.15) is 0 Å². The van der Waals surface area contributed by atoms with Gasteiger partial charge >= 0.3 is 12.1 Å². The standard InChI is InChI=1S/C27H30N2O5/c1-2-3-14-23(25(30)29-16-9-8-15-24(29)26(31)32)28-27(33)34-17-22-20-12-6-4-10-18(20)19-11-5-7-13-21(19)22/h2,4-7,10-13,22-24H,1,3,8-9,14-17H2,(H,28,33)(H,31,32)/t23?,24-/m1/s1. The van der Waals surface area contributed by atoms with Crippen molar-refractivity contribution in [2.24, 2.45) is 0 Å². The summed E-state index contributed by atoms with van der Waals surface area (Å²) in [5.74, 6) is -1.49. The molecule has 2 atom stereocenters. The number of rotatable bonds is 8. The maximum Gasteiger partial charge on any atom is 0.407 e. The molecular formula is C27H30N2O5. The van der Waals surface area contributed by atoms with Gasteiger partial charge < -0.3 is 20.1 Å². The fourth-order valence-electron chi connectivity index (χ4n) is 4.98. The Morgan fingerprint density at radius 1 is 1.09 bits per heavy atom. The van der Waals surface area contributed by atoms with Crippen molar-refractivity contribution in [2.45, 2.75) is 50.1 Å². The van der Waals surface area contributed by atoms with Crippen molar-refractivity contribution in [3.63, 3.8) is 0 Å². The third-order valence-corrected chi connectivity index (χ3v) is 6.66. The van der Waals surface area contributed by atoms with E-state index in [1.807, 2.05) is 36.4 Å². The Labute approximate surface area is 199 Å². The highest BCUT2D eigenvalue weighted by Crippen LogP contribution is 2.44. The molecule has 0 bridgehead atoms. The van der Waals surface area contributed by atoms with Crippen LogP contribution in [-0.4, -0.2) is 53.2 Å². The van der Waals surface area contributed by atoms with Gasteiger partial charge in [-0.1, -0.05) is 54.6 Å². The third kappa shape index (κ3) is 4.83. The Balaban J connectivity index is 1.44. The fraction of sp³-hybridized carbons (Fsp3) is 0.370. The predicted octanol–water partition coefficient (Wildman–Crippen LogP) is 4.33. The van der Waals surface area contributed by atoms with E-state index in [1.165, 1.54) is 4.90 Å². The van der Waals surface area contributed by atoms with Gasteiger partial charge in [0.05, 0.1) is 0 Å². The molecule has 2 amide bonds. The van der Waals surface area contributed by atoms with E-state index >= 15 is 0 Å². The maximum atomic E-state index is 13.2. The van der Waals surface area contributed by atoms with Crippen LogP contribution in [-0.2, 0) is 14.3 Å². The summed E-state index contributed by atoms with van der Waals surface area (Å²) in [6.45, 7) is 4.21. The Hall–Kier alpha value is -3.61. The summed E-state index contributed by atoms with van der Waals surface area (Å²) < 4.78 is 5.60. The zero-order valence-corrected chi connectivity index (χ0v) is 19.1. The Morgan fingerprint density at radius 2 is 1.74 bits per heavy atom. The highest BCUT2D eigenvalue weighted by Gasteiger charge is 2.36. The lowest BCUT2D eigenvalue weighted by molar-refractivity contribution is -0.153. The number of allylic oxidation sites excluding steroid dienone is 1. The first kappa shape index (κ1) is 23.5. The van der Waals surface area contributed by atoms with Crippen LogP contribution in [0, 0.1) is 0 Å². The number of amides is 2. The average Bonchev–Trinajstić information content (AvgIpc) is 3.18. The minimum Gasteiger partial charge on any atom is -0.480 e. The highest BCUT2D eigenvalue weighted by atomic mass is 16.5. The Kier molecular flexibility index (Phi) is 7.30. The van der Waals surface area contributed by atoms with E-state index in [4.69, 9.17) is 4.74 Å². The van der Waals surface area contributed by atoms with Gasteiger partial charge in [-0.25, -0.2) is 9.59 Å². The largest absolute Gasteiger partial charge is 0.480 e. The molecule has 1 aliphatic heterocycles. The van der Waals surface area contributed by atoms with E-state index in [-0.39, 0.29) is 18.4 Å². The van der Waals surface area contributed by atoms with Gasteiger partial charge in [0, 0.05) is 12.5 Å². The highest BCUT2D eigenvalue weighted by molar-refractivity contribution is 5.89. The molecule has 178 valence electrons. The van der Waals surface area contributed by atoms with E-state index in [1.54, 1.807) is 6.08 Å². The molecule has 0 aromatic heterocycles. The summed E-state index contributed by atoms with van der Waals surface area (Å²) in [4.78, 5) is 39.0. The molecule has 2 aliphatic rings. The number of benzene rings is 2. The molecule has 34 heavy (non-hydrogen) atoms. The second kappa shape index (κ2) is 10.5. The maximum absolute atomic E-state index is 13.2. The molecule has 1 saturated heterocycles. The molecule has 0 spiro atoms. The summed E-state index contributed by atoms with van der Waals surface area (Å²) in [5, 5.41) is 12.2. The van der Waals surface area contributed by atoms with Gasteiger partial charge in [-0.3, -0.25) is 4.79 Å². The number of carboxylic acid groups (broad SMARTS) is 1. The van der Waals surface area contributed by atoms with Crippen molar-refractivity contribution in [1.29, 1.82) is 0 Å². The van der Waals surface area contributed by atoms with Gasteiger partial charge in [-0.15, -0.1) is 6.58 Å². The van der Waals surface area contributed by atoms with E-state index in [0.29, 0.717) is 25.8 Å². The van der Waals surface area contributed by atoms with Crippen LogP contribution in [0.1, 0.15) is 49.1 Å². The summed E-state index contributed by atoms with van der Waals surface area (Å²) >= 11 is 0. The number of nitrogens with one attached hydrogen (secondary N) is 1. The Bertz CT molecular complexity index is 1040. The molecule has 1 fully saturated rings. The zero-order valence-electron chi connectivity index (χ0n) is 19.1. The molecule has 7 heteroatoms. The molecule has 4 rings (SSSR count). The predicted molar refractivity (Wildman–Crippen MR) is 128 cm³/mol. The molecule has 2 aromatic carbocycles. The first-order valence-electron chi connectivity index (χ1n) is 11.8. The average molecular weight is 463 g/mol. The minimum absolute atomic E-state index is 0.0843. The van der Waals surface area contributed by atoms with Gasteiger partial charge in [-0.05, 0) is 54.4 Å². The number of carbonyl (C=O) groups is 3. The third-order valence-electron chi connectivity index (χ3n) is 6.66. The number of piperidine rings is 1. The van der Waals surface area contributed by atoms with Crippen LogP contribution in [0.5, 0.6) is 0 Å². The first-order valence-corrected chi connectivity index (χ1v) is 11.8. The summed E-state index contributed by atoms with van der Waals surface area (Å²) in [5.41, 5.74) is 4.48. The molecule has 2 N–H and O–H groups in total.